The molecule has 1 aromatic rings. The topological polar surface area (TPSA) is 32.3 Å². The van der Waals surface area contributed by atoms with E-state index in [-0.39, 0.29) is 24.2 Å². The Hall–Kier alpha value is -1.72. The van der Waals surface area contributed by atoms with Gasteiger partial charge >= 0.3 is 12.2 Å². The number of urea groups is 1. The number of carbonyl (C=O) groups excluding carboxylic acids is 1. The van der Waals surface area contributed by atoms with Crippen molar-refractivity contribution in [2.24, 2.45) is 0 Å². The van der Waals surface area contributed by atoms with Gasteiger partial charge in [0.05, 0.1) is 5.56 Å². The average molecular weight is 272 g/mol. The van der Waals surface area contributed by atoms with Crippen molar-refractivity contribution in [2.75, 3.05) is 7.05 Å². The summed E-state index contributed by atoms with van der Waals surface area (Å²) in [7, 11) is 1.49. The quantitative estimate of drug-likeness (QED) is 0.901. The van der Waals surface area contributed by atoms with Crippen LogP contribution in [0.5, 0.6) is 0 Å². The van der Waals surface area contributed by atoms with Gasteiger partial charge in [-0.3, -0.25) is 0 Å². The van der Waals surface area contributed by atoms with Crippen LogP contribution >= 0.6 is 0 Å². The molecule has 0 unspecified atom stereocenters. The summed E-state index contributed by atoms with van der Waals surface area (Å²) in [5, 5.41) is 2.74. The Morgan fingerprint density at radius 2 is 2.00 bits per heavy atom. The fourth-order valence-electron chi connectivity index (χ4n) is 1.77. The number of benzene rings is 1. The maximum Gasteiger partial charge on any atom is 0.416 e. The molecule has 1 fully saturated rings. The van der Waals surface area contributed by atoms with Crippen molar-refractivity contribution in [1.82, 2.24) is 10.2 Å². The number of amides is 2. The van der Waals surface area contributed by atoms with Crippen molar-refractivity contribution in [1.29, 1.82) is 0 Å². The van der Waals surface area contributed by atoms with E-state index < -0.39 is 11.7 Å². The van der Waals surface area contributed by atoms with Gasteiger partial charge < -0.3 is 10.2 Å². The van der Waals surface area contributed by atoms with Crippen LogP contribution in [0.15, 0.2) is 24.3 Å². The lowest BCUT2D eigenvalue weighted by atomic mass is 10.1. The second-order valence-corrected chi connectivity index (χ2v) is 4.73. The van der Waals surface area contributed by atoms with Crippen LogP contribution in [0.3, 0.4) is 0 Å². The Morgan fingerprint density at radius 3 is 2.58 bits per heavy atom. The molecular formula is C13H15F3N2O. The molecule has 0 radical (unpaired) electrons. The van der Waals surface area contributed by atoms with E-state index in [2.05, 4.69) is 5.32 Å². The molecule has 0 aliphatic heterocycles. The van der Waals surface area contributed by atoms with E-state index in [1.165, 1.54) is 30.1 Å². The lowest BCUT2D eigenvalue weighted by Crippen LogP contribution is -2.38. The number of hydrogen-bond donors (Lipinski definition) is 1. The summed E-state index contributed by atoms with van der Waals surface area (Å²) in [6.07, 6.45) is -2.51. The number of carbonyl (C=O) groups is 1. The van der Waals surface area contributed by atoms with Crippen molar-refractivity contribution < 1.29 is 18.0 Å². The summed E-state index contributed by atoms with van der Waals surface area (Å²) < 4.78 is 38.4. The third-order valence-corrected chi connectivity index (χ3v) is 2.98. The Kier molecular flexibility index (Phi) is 3.68. The Balaban J connectivity index is 2.07. The zero-order valence-corrected chi connectivity index (χ0v) is 10.5. The minimum Gasteiger partial charge on any atom is -0.335 e. The largest absolute Gasteiger partial charge is 0.416 e. The van der Waals surface area contributed by atoms with Gasteiger partial charge in [0, 0.05) is 19.6 Å². The minimum absolute atomic E-state index is 0.0613. The van der Waals surface area contributed by atoms with Crippen molar-refractivity contribution >= 4 is 6.03 Å². The number of rotatable bonds is 3. The highest BCUT2D eigenvalue weighted by molar-refractivity contribution is 5.74. The van der Waals surface area contributed by atoms with Gasteiger partial charge in [0.25, 0.3) is 0 Å². The highest BCUT2D eigenvalue weighted by atomic mass is 19.4. The SMILES string of the molecule is CN(Cc1ccccc1C(F)(F)F)C(=O)NC1CC1. The number of alkyl halides is 3. The monoisotopic (exact) mass is 272 g/mol. The zero-order valence-electron chi connectivity index (χ0n) is 10.5. The van der Waals surface area contributed by atoms with E-state index in [0.717, 1.165) is 18.9 Å². The van der Waals surface area contributed by atoms with E-state index in [1.54, 1.807) is 0 Å². The highest BCUT2D eigenvalue weighted by Gasteiger charge is 2.33. The smallest absolute Gasteiger partial charge is 0.335 e. The first-order valence-electron chi connectivity index (χ1n) is 6.04. The molecule has 1 aromatic carbocycles. The summed E-state index contributed by atoms with van der Waals surface area (Å²) >= 11 is 0. The molecule has 2 amide bonds. The molecule has 19 heavy (non-hydrogen) atoms. The summed E-state index contributed by atoms with van der Waals surface area (Å²) in [4.78, 5) is 13.0. The molecule has 0 saturated heterocycles. The molecule has 1 N–H and O–H groups in total. The van der Waals surface area contributed by atoms with E-state index in [4.69, 9.17) is 0 Å². The molecular weight excluding hydrogens is 257 g/mol. The molecule has 2 rings (SSSR count). The van der Waals surface area contributed by atoms with E-state index in [0.29, 0.717) is 0 Å². The van der Waals surface area contributed by atoms with Gasteiger partial charge in [-0.1, -0.05) is 18.2 Å². The molecule has 0 atom stereocenters. The first kappa shape index (κ1) is 13.7. The Bertz CT molecular complexity index is 469. The van der Waals surface area contributed by atoms with Gasteiger partial charge in [0.1, 0.15) is 0 Å². The molecule has 1 aliphatic carbocycles. The molecule has 6 heteroatoms. The third-order valence-electron chi connectivity index (χ3n) is 2.98. The number of nitrogens with one attached hydrogen (secondary N) is 1. The molecule has 0 heterocycles. The Morgan fingerprint density at radius 1 is 1.37 bits per heavy atom. The van der Waals surface area contributed by atoms with Crippen molar-refractivity contribution in [2.45, 2.75) is 31.6 Å². The number of halogens is 3. The van der Waals surface area contributed by atoms with Crippen molar-refractivity contribution in [3.8, 4) is 0 Å². The minimum atomic E-state index is -4.40. The van der Waals surface area contributed by atoms with Crippen LogP contribution in [0.25, 0.3) is 0 Å². The van der Waals surface area contributed by atoms with Crippen LogP contribution < -0.4 is 5.32 Å². The standard InChI is InChI=1S/C13H15F3N2O/c1-18(12(19)17-10-6-7-10)8-9-4-2-3-5-11(9)13(14,15)16/h2-5,10H,6-8H2,1H3,(H,17,19). The molecule has 0 bridgehead atoms. The summed E-state index contributed by atoms with van der Waals surface area (Å²) in [5.41, 5.74) is -0.593. The molecule has 0 spiro atoms. The predicted molar refractivity (Wildman–Crippen MR) is 64.5 cm³/mol. The summed E-state index contributed by atoms with van der Waals surface area (Å²) in [5.74, 6) is 0. The van der Waals surface area contributed by atoms with Crippen LogP contribution in [-0.2, 0) is 12.7 Å². The molecule has 0 aromatic heterocycles. The fourth-order valence-corrected chi connectivity index (χ4v) is 1.77. The average Bonchev–Trinajstić information content (AvgIpc) is 3.12. The molecule has 104 valence electrons. The number of nitrogens with zero attached hydrogens (tertiary/aromatic N) is 1. The fraction of sp³-hybridized carbons (Fsp3) is 0.462. The number of hydrogen-bond acceptors (Lipinski definition) is 1. The summed E-state index contributed by atoms with van der Waals surface area (Å²) in [6, 6.07) is 5.16. The van der Waals surface area contributed by atoms with Gasteiger partial charge in [0.15, 0.2) is 0 Å². The maximum absolute atomic E-state index is 12.8. The second kappa shape index (κ2) is 5.11. The van der Waals surface area contributed by atoms with E-state index >= 15 is 0 Å². The van der Waals surface area contributed by atoms with Crippen LogP contribution in [0.1, 0.15) is 24.0 Å². The second-order valence-electron chi connectivity index (χ2n) is 4.73. The lowest BCUT2D eigenvalue weighted by Gasteiger charge is -2.20. The van der Waals surface area contributed by atoms with Crippen molar-refractivity contribution in [3.05, 3.63) is 35.4 Å². The van der Waals surface area contributed by atoms with Crippen LogP contribution in [-0.4, -0.2) is 24.0 Å². The first-order chi connectivity index (χ1) is 8.88. The van der Waals surface area contributed by atoms with Crippen molar-refractivity contribution in [3.63, 3.8) is 0 Å². The molecule has 1 saturated carbocycles. The van der Waals surface area contributed by atoms with Gasteiger partial charge in [-0.05, 0) is 24.5 Å². The first-order valence-corrected chi connectivity index (χ1v) is 6.04. The maximum atomic E-state index is 12.8. The van der Waals surface area contributed by atoms with Crippen LogP contribution in [0, 0.1) is 0 Å². The third kappa shape index (κ3) is 3.62. The zero-order chi connectivity index (χ0) is 14.0. The highest BCUT2D eigenvalue weighted by Crippen LogP contribution is 2.32. The van der Waals surface area contributed by atoms with E-state index in [9.17, 15) is 18.0 Å². The van der Waals surface area contributed by atoms with E-state index in [1.807, 2.05) is 0 Å². The van der Waals surface area contributed by atoms with Gasteiger partial charge in [0.2, 0.25) is 0 Å². The van der Waals surface area contributed by atoms with Gasteiger partial charge in [-0.2, -0.15) is 13.2 Å². The lowest BCUT2D eigenvalue weighted by molar-refractivity contribution is -0.138. The normalized spacial score (nSPS) is 15.2. The molecule has 3 nitrogen and oxygen atoms in total. The van der Waals surface area contributed by atoms with Crippen LogP contribution in [0.4, 0.5) is 18.0 Å². The Labute approximate surface area is 109 Å². The van der Waals surface area contributed by atoms with Gasteiger partial charge in [-0.25, -0.2) is 4.79 Å². The van der Waals surface area contributed by atoms with Crippen LogP contribution in [0.2, 0.25) is 0 Å². The summed E-state index contributed by atoms with van der Waals surface area (Å²) in [6.45, 7) is -0.0613. The van der Waals surface area contributed by atoms with Gasteiger partial charge in [-0.15, -0.1) is 0 Å². The predicted octanol–water partition coefficient (Wildman–Crippen LogP) is 3.01. The molecule has 1 aliphatic rings.